The van der Waals surface area contributed by atoms with E-state index in [4.69, 9.17) is 17.0 Å². The molecule has 0 aliphatic carbocycles. The number of pyridine rings is 1. The van der Waals surface area contributed by atoms with Gasteiger partial charge < -0.3 is 24.8 Å². The molecule has 2 N–H and O–H groups in total. The fraction of sp³-hybridized carbons (Fsp3) is 0.156. The zero-order chi connectivity index (χ0) is 27.5. The number of nitrogens with one attached hydrogen (secondary N) is 2. The summed E-state index contributed by atoms with van der Waals surface area (Å²) in [5.41, 5.74) is 3.63. The van der Waals surface area contributed by atoms with Crippen molar-refractivity contribution in [1.82, 2.24) is 19.8 Å². The van der Waals surface area contributed by atoms with Crippen molar-refractivity contribution in [1.29, 1.82) is 0 Å². The molecule has 8 heteroatoms. The summed E-state index contributed by atoms with van der Waals surface area (Å²) in [6.07, 6.45) is 4.08. The molecule has 0 spiro atoms. The Kier molecular flexibility index (Phi) is 7.16. The first-order valence-electron chi connectivity index (χ1n) is 13.2. The lowest BCUT2D eigenvalue weighted by Gasteiger charge is -2.29. The third kappa shape index (κ3) is 4.89. The molecule has 0 bridgehead atoms. The van der Waals surface area contributed by atoms with E-state index in [1.807, 2.05) is 97.2 Å². The molecule has 1 saturated heterocycles. The lowest BCUT2D eigenvalue weighted by atomic mass is 10.0. The van der Waals surface area contributed by atoms with E-state index >= 15 is 0 Å². The summed E-state index contributed by atoms with van der Waals surface area (Å²) in [5.74, 6) is 0.697. The first-order valence-corrected chi connectivity index (χ1v) is 13.6. The van der Waals surface area contributed by atoms with Crippen LogP contribution in [0.5, 0.6) is 5.75 Å². The molecular formula is C32H29N5O2S. The predicted molar refractivity (Wildman–Crippen MR) is 162 cm³/mol. The summed E-state index contributed by atoms with van der Waals surface area (Å²) in [5, 5.41) is 9.27. The second-order valence-corrected chi connectivity index (χ2v) is 10.0. The maximum absolute atomic E-state index is 13.2. The summed E-state index contributed by atoms with van der Waals surface area (Å²) in [6, 6.07) is 31.5. The Labute approximate surface area is 238 Å². The number of para-hydroxylation sites is 2. The number of rotatable bonds is 8. The van der Waals surface area contributed by atoms with Crippen LogP contribution in [0.15, 0.2) is 109 Å². The van der Waals surface area contributed by atoms with E-state index in [0.717, 1.165) is 39.3 Å². The number of aromatic nitrogens is 2. The van der Waals surface area contributed by atoms with Crippen LogP contribution in [-0.2, 0) is 4.79 Å². The highest BCUT2D eigenvalue weighted by atomic mass is 32.1. The number of ether oxygens (including phenoxy) is 1. The van der Waals surface area contributed by atoms with E-state index in [9.17, 15) is 4.79 Å². The van der Waals surface area contributed by atoms with Gasteiger partial charge in [0.2, 0.25) is 5.91 Å². The standard InChI is InChI=1S/C32H29N5O2S/c1-39-28-17-5-4-15-26(28)36-20-9-16-27(36)31-30(25-13-6-7-19-33-25)35-32(40)37(31)21-18-29(38)34-24-14-8-11-22-10-2-3-12-23(22)24/h2-17,19-20,30-31H,18,21H2,1H3,(H,34,38)(H,35,40). The topological polar surface area (TPSA) is 71.4 Å². The molecule has 0 saturated carbocycles. The molecular weight excluding hydrogens is 518 g/mol. The maximum Gasteiger partial charge on any atom is 0.226 e. The van der Waals surface area contributed by atoms with Crippen molar-refractivity contribution in [3.8, 4) is 11.4 Å². The zero-order valence-corrected chi connectivity index (χ0v) is 22.8. The Morgan fingerprint density at radius 2 is 1.77 bits per heavy atom. The Morgan fingerprint density at radius 3 is 2.62 bits per heavy atom. The van der Waals surface area contributed by atoms with E-state index in [-0.39, 0.29) is 24.4 Å². The molecule has 7 nitrogen and oxygen atoms in total. The fourth-order valence-corrected chi connectivity index (χ4v) is 5.75. The number of benzene rings is 3. The summed E-state index contributed by atoms with van der Waals surface area (Å²) >= 11 is 5.84. The van der Waals surface area contributed by atoms with Gasteiger partial charge in [0.15, 0.2) is 5.11 Å². The summed E-state index contributed by atoms with van der Waals surface area (Å²) in [7, 11) is 1.67. The van der Waals surface area contributed by atoms with Crippen LogP contribution in [0.1, 0.15) is 29.9 Å². The summed E-state index contributed by atoms with van der Waals surface area (Å²) in [6.45, 7) is 0.438. The van der Waals surface area contributed by atoms with Crippen molar-refractivity contribution in [3.05, 3.63) is 121 Å². The monoisotopic (exact) mass is 547 g/mol. The van der Waals surface area contributed by atoms with Crippen LogP contribution < -0.4 is 15.4 Å². The number of hydrogen-bond acceptors (Lipinski definition) is 4. The smallest absolute Gasteiger partial charge is 0.226 e. The average molecular weight is 548 g/mol. The van der Waals surface area contributed by atoms with Gasteiger partial charge in [-0.15, -0.1) is 0 Å². The van der Waals surface area contributed by atoms with Crippen molar-refractivity contribution in [2.45, 2.75) is 18.5 Å². The highest BCUT2D eigenvalue weighted by Crippen LogP contribution is 2.40. The molecule has 1 amide bonds. The fourth-order valence-electron chi connectivity index (χ4n) is 5.42. The van der Waals surface area contributed by atoms with E-state index in [1.54, 1.807) is 13.3 Å². The first kappa shape index (κ1) is 25.6. The van der Waals surface area contributed by atoms with Crippen LogP contribution >= 0.6 is 12.2 Å². The van der Waals surface area contributed by atoms with Gasteiger partial charge in [-0.3, -0.25) is 9.78 Å². The third-order valence-electron chi connectivity index (χ3n) is 7.27. The lowest BCUT2D eigenvalue weighted by Crippen LogP contribution is -2.33. The van der Waals surface area contributed by atoms with Crippen LogP contribution in [0.4, 0.5) is 5.69 Å². The van der Waals surface area contributed by atoms with Gasteiger partial charge in [-0.2, -0.15) is 0 Å². The molecule has 5 aromatic rings. The molecule has 200 valence electrons. The Morgan fingerprint density at radius 1 is 0.975 bits per heavy atom. The molecule has 1 fully saturated rings. The van der Waals surface area contributed by atoms with Gasteiger partial charge in [0.25, 0.3) is 0 Å². The number of amides is 1. The Hall–Kier alpha value is -4.69. The number of methoxy groups -OCH3 is 1. The number of nitrogens with zero attached hydrogens (tertiary/aromatic N) is 3. The van der Waals surface area contributed by atoms with Gasteiger partial charge in [-0.25, -0.2) is 0 Å². The second-order valence-electron chi connectivity index (χ2n) is 9.62. The zero-order valence-electron chi connectivity index (χ0n) is 22.0. The van der Waals surface area contributed by atoms with Crippen molar-refractivity contribution in [2.24, 2.45) is 0 Å². The summed E-state index contributed by atoms with van der Waals surface area (Å²) in [4.78, 5) is 19.9. The largest absolute Gasteiger partial charge is 0.495 e. The Bertz CT molecular complexity index is 1660. The number of carbonyl (C=O) groups excluding carboxylic acids is 1. The predicted octanol–water partition coefficient (Wildman–Crippen LogP) is 6.04. The molecule has 1 aliphatic heterocycles. The van der Waals surface area contributed by atoms with Gasteiger partial charge in [0.1, 0.15) is 5.75 Å². The van der Waals surface area contributed by atoms with Crippen LogP contribution in [-0.4, -0.2) is 39.1 Å². The highest BCUT2D eigenvalue weighted by Gasteiger charge is 2.41. The molecule has 3 aromatic carbocycles. The van der Waals surface area contributed by atoms with Crippen LogP contribution in [0.2, 0.25) is 0 Å². The average Bonchev–Trinajstić information content (AvgIpc) is 3.60. The molecule has 2 unspecified atom stereocenters. The third-order valence-corrected chi connectivity index (χ3v) is 7.62. The number of hydrogen-bond donors (Lipinski definition) is 2. The van der Waals surface area contributed by atoms with E-state index < -0.39 is 0 Å². The molecule has 0 radical (unpaired) electrons. The van der Waals surface area contributed by atoms with Crippen molar-refractivity contribution in [3.63, 3.8) is 0 Å². The van der Waals surface area contributed by atoms with E-state index in [1.165, 1.54) is 0 Å². The number of carbonyl (C=O) groups is 1. The van der Waals surface area contributed by atoms with Crippen LogP contribution in [0, 0.1) is 0 Å². The quantitative estimate of drug-likeness (QED) is 0.231. The van der Waals surface area contributed by atoms with Gasteiger partial charge >= 0.3 is 0 Å². The minimum Gasteiger partial charge on any atom is -0.495 e. The van der Waals surface area contributed by atoms with E-state index in [0.29, 0.717) is 11.7 Å². The van der Waals surface area contributed by atoms with Crippen molar-refractivity contribution >= 4 is 39.7 Å². The first-order chi connectivity index (χ1) is 19.6. The van der Waals surface area contributed by atoms with Gasteiger partial charge in [0.05, 0.1) is 30.6 Å². The molecule has 1 aliphatic rings. The minimum atomic E-state index is -0.201. The van der Waals surface area contributed by atoms with Crippen molar-refractivity contribution < 1.29 is 9.53 Å². The molecule has 2 aromatic heterocycles. The van der Waals surface area contributed by atoms with Gasteiger partial charge in [-0.05, 0) is 60.1 Å². The summed E-state index contributed by atoms with van der Waals surface area (Å²) < 4.78 is 7.79. The number of fused-ring (bicyclic) bond motifs is 1. The van der Waals surface area contributed by atoms with Crippen molar-refractivity contribution in [2.75, 3.05) is 19.0 Å². The molecule has 2 atom stereocenters. The van der Waals surface area contributed by atoms with Crippen LogP contribution in [0.25, 0.3) is 16.5 Å². The van der Waals surface area contributed by atoms with Gasteiger partial charge in [-0.1, -0.05) is 54.6 Å². The van der Waals surface area contributed by atoms with Crippen LogP contribution in [0.3, 0.4) is 0 Å². The maximum atomic E-state index is 13.2. The SMILES string of the molecule is COc1ccccc1-n1cccc1C1C(c2ccccn2)NC(=S)N1CCC(=O)Nc1cccc2ccccc12. The highest BCUT2D eigenvalue weighted by molar-refractivity contribution is 7.80. The molecule has 3 heterocycles. The second kappa shape index (κ2) is 11.2. The Balaban J connectivity index is 1.30. The number of thiocarbonyl (C=S) groups is 1. The van der Waals surface area contributed by atoms with Gasteiger partial charge in [0, 0.05) is 42.1 Å². The van der Waals surface area contributed by atoms with E-state index in [2.05, 4.69) is 31.2 Å². The number of anilines is 1. The lowest BCUT2D eigenvalue weighted by molar-refractivity contribution is -0.116. The molecule has 6 rings (SSSR count). The molecule has 40 heavy (non-hydrogen) atoms. The normalized spacial score (nSPS) is 16.6. The minimum absolute atomic E-state index is 0.0701.